The van der Waals surface area contributed by atoms with Crippen molar-refractivity contribution in [3.63, 3.8) is 0 Å². The van der Waals surface area contributed by atoms with Gasteiger partial charge in [-0.1, -0.05) is 0 Å². The Balaban J connectivity index is 0.000000379. The van der Waals surface area contributed by atoms with E-state index in [4.69, 9.17) is 15.6 Å². The van der Waals surface area contributed by atoms with E-state index in [0.717, 1.165) is 28.5 Å². The zero-order valence-corrected chi connectivity index (χ0v) is 21.0. The van der Waals surface area contributed by atoms with Crippen LogP contribution in [0.5, 0.6) is 0 Å². The van der Waals surface area contributed by atoms with Gasteiger partial charge in [-0.25, -0.2) is 22.0 Å². The highest BCUT2D eigenvalue weighted by Crippen LogP contribution is 2.42. The number of aromatic carboxylic acids is 1. The predicted octanol–water partition coefficient (Wildman–Crippen LogP) is 3.05. The second-order valence-electron chi connectivity index (χ2n) is 9.08. The van der Waals surface area contributed by atoms with Gasteiger partial charge < -0.3 is 20.0 Å². The smallest absolute Gasteiger partial charge is 0.416 e. The normalized spacial score (nSPS) is 23.7. The van der Waals surface area contributed by atoms with Crippen molar-refractivity contribution < 1.29 is 49.4 Å². The molecule has 0 aliphatic carbocycles. The minimum Gasteiger partial charge on any atom is -0.475 e. The zero-order chi connectivity index (χ0) is 28.7. The van der Waals surface area contributed by atoms with Crippen LogP contribution in [0.25, 0.3) is 0 Å². The van der Waals surface area contributed by atoms with E-state index in [-0.39, 0.29) is 30.8 Å². The van der Waals surface area contributed by atoms with Gasteiger partial charge in [-0.3, -0.25) is 4.90 Å². The average molecular weight is 579 g/mol. The fourth-order valence-corrected chi connectivity index (χ4v) is 5.07. The molecule has 0 unspecified atom stereocenters. The van der Waals surface area contributed by atoms with Gasteiger partial charge in [0.2, 0.25) is 5.76 Å². The summed E-state index contributed by atoms with van der Waals surface area (Å²) in [5, 5.41) is 12.1. The van der Waals surface area contributed by atoms with Crippen LogP contribution in [0.2, 0.25) is 0 Å². The molecule has 0 saturated carbocycles. The van der Waals surface area contributed by atoms with Crippen molar-refractivity contribution in [1.82, 2.24) is 14.1 Å². The van der Waals surface area contributed by atoms with Gasteiger partial charge in [-0.15, -0.1) is 0 Å². The lowest BCUT2D eigenvalue weighted by Gasteiger charge is -2.44. The van der Waals surface area contributed by atoms with Crippen LogP contribution < -0.4 is 5.73 Å². The van der Waals surface area contributed by atoms with Crippen molar-refractivity contribution in [3.8, 4) is 0 Å². The van der Waals surface area contributed by atoms with Crippen LogP contribution in [0.4, 0.5) is 22.0 Å². The standard InChI is InChI=1S/C18H19F5N4O3S.C5H4O3/c1-31(28,29)27-7-9-6-26(8-14(9)25-27)15-5-13(24)16(30-17(15)18(21,22)23)11-4-10(19)2-3-12(11)20;6-5(7)4-2-1-3-8-4/h2-4,7,13,15-17H,5-6,8,24H2,1H3;1-3H,(H,6,7)/t13-,15+,16+,17-;/m0./s1. The minimum absolute atomic E-state index is 0.0231. The number of benzene rings is 1. The summed E-state index contributed by atoms with van der Waals surface area (Å²) in [6.07, 6.45) is -5.21. The highest BCUT2D eigenvalue weighted by molar-refractivity contribution is 7.89. The summed E-state index contributed by atoms with van der Waals surface area (Å²) in [6, 6.07) is 3.15. The Morgan fingerprint density at radius 1 is 1.21 bits per heavy atom. The van der Waals surface area contributed by atoms with Crippen LogP contribution in [-0.2, 0) is 27.8 Å². The average Bonchev–Trinajstić information content (AvgIpc) is 3.57. The third kappa shape index (κ3) is 6.29. The number of nitrogens with zero attached hydrogens (tertiary/aromatic N) is 3. The van der Waals surface area contributed by atoms with E-state index in [2.05, 4.69) is 9.52 Å². The molecule has 39 heavy (non-hydrogen) atoms. The molecule has 3 aromatic rings. The number of fused-ring (bicyclic) bond motifs is 1. The number of alkyl halides is 3. The quantitative estimate of drug-likeness (QED) is 0.447. The van der Waals surface area contributed by atoms with Gasteiger partial charge >= 0.3 is 12.1 Å². The molecule has 2 aliphatic rings. The zero-order valence-electron chi connectivity index (χ0n) is 20.2. The lowest BCUT2D eigenvalue weighted by Crippen LogP contribution is -2.58. The first-order valence-corrected chi connectivity index (χ1v) is 13.2. The number of hydrogen-bond acceptors (Lipinski definition) is 8. The first-order chi connectivity index (χ1) is 18.1. The highest BCUT2D eigenvalue weighted by Gasteiger charge is 2.54. The van der Waals surface area contributed by atoms with Crippen LogP contribution in [0, 0.1) is 11.6 Å². The molecule has 1 fully saturated rings. The van der Waals surface area contributed by atoms with Crippen molar-refractivity contribution in [2.24, 2.45) is 5.73 Å². The van der Waals surface area contributed by atoms with Crippen molar-refractivity contribution in [2.75, 3.05) is 6.26 Å². The fourth-order valence-electron chi connectivity index (χ4n) is 4.50. The van der Waals surface area contributed by atoms with Gasteiger partial charge in [0, 0.05) is 42.5 Å². The molecule has 0 bridgehead atoms. The van der Waals surface area contributed by atoms with E-state index in [0.29, 0.717) is 11.3 Å². The molecule has 5 rings (SSSR count). The monoisotopic (exact) mass is 578 g/mol. The minimum atomic E-state index is -4.79. The van der Waals surface area contributed by atoms with Crippen LogP contribution in [-0.4, -0.2) is 64.2 Å². The Kier molecular flexibility index (Phi) is 7.84. The second kappa shape index (κ2) is 10.7. The van der Waals surface area contributed by atoms with E-state index in [1.54, 1.807) is 0 Å². The molecular weight excluding hydrogens is 555 g/mol. The summed E-state index contributed by atoms with van der Waals surface area (Å²) in [4.78, 5) is 11.4. The number of carboxylic acid groups (broad SMARTS) is 1. The maximum atomic E-state index is 14.2. The summed E-state index contributed by atoms with van der Waals surface area (Å²) in [6.45, 7) is 0.00134. The molecule has 2 aromatic heterocycles. The molecule has 4 atom stereocenters. The van der Waals surface area contributed by atoms with Gasteiger partial charge in [0.15, 0.2) is 6.10 Å². The lowest BCUT2D eigenvalue weighted by molar-refractivity contribution is -0.269. The predicted molar refractivity (Wildman–Crippen MR) is 124 cm³/mol. The van der Waals surface area contributed by atoms with E-state index in [1.807, 2.05) is 0 Å². The van der Waals surface area contributed by atoms with Gasteiger partial charge in [0.1, 0.15) is 17.7 Å². The Morgan fingerprint density at radius 2 is 1.92 bits per heavy atom. The van der Waals surface area contributed by atoms with Crippen LogP contribution >= 0.6 is 0 Å². The molecule has 16 heteroatoms. The number of ether oxygens (including phenoxy) is 1. The topological polar surface area (TPSA) is 141 Å². The van der Waals surface area contributed by atoms with Gasteiger partial charge in [0.05, 0.1) is 18.2 Å². The first kappa shape index (κ1) is 28.7. The van der Waals surface area contributed by atoms with Crippen molar-refractivity contribution in [3.05, 3.63) is 77.0 Å². The fraction of sp³-hybridized carbons (Fsp3) is 0.391. The van der Waals surface area contributed by atoms with E-state index in [1.165, 1.54) is 29.5 Å². The van der Waals surface area contributed by atoms with Crippen molar-refractivity contribution >= 4 is 16.0 Å². The van der Waals surface area contributed by atoms with E-state index in [9.17, 15) is 35.2 Å². The second-order valence-corrected chi connectivity index (χ2v) is 10.9. The number of halogens is 5. The highest BCUT2D eigenvalue weighted by atomic mass is 32.2. The number of aromatic nitrogens is 2. The maximum Gasteiger partial charge on any atom is 0.416 e. The number of furan rings is 1. The summed E-state index contributed by atoms with van der Waals surface area (Å²) < 4.78 is 103. The summed E-state index contributed by atoms with van der Waals surface area (Å²) in [5.41, 5.74) is 6.51. The van der Waals surface area contributed by atoms with Crippen molar-refractivity contribution in [1.29, 1.82) is 0 Å². The Bertz CT molecular complexity index is 1420. The number of rotatable bonds is 4. The first-order valence-electron chi connectivity index (χ1n) is 11.4. The molecule has 2 aliphatic heterocycles. The Labute approximate surface area is 218 Å². The SMILES string of the molecule is CS(=O)(=O)n1cc2c(n1)CN([C@@H]1C[C@H](N)[C@@H](c3cc(F)ccc3F)O[C@@H]1C(F)(F)F)C2.O=C(O)c1ccco1. The molecule has 10 nitrogen and oxygen atoms in total. The lowest BCUT2D eigenvalue weighted by atomic mass is 9.89. The summed E-state index contributed by atoms with van der Waals surface area (Å²) in [5.74, 6) is -2.78. The molecule has 4 heterocycles. The molecule has 3 N–H and O–H groups in total. The molecule has 0 spiro atoms. The summed E-state index contributed by atoms with van der Waals surface area (Å²) in [7, 11) is -3.62. The molecule has 1 aromatic carbocycles. The molecule has 1 saturated heterocycles. The van der Waals surface area contributed by atoms with E-state index < -0.39 is 58.1 Å². The van der Waals surface area contributed by atoms with Gasteiger partial charge in [-0.2, -0.15) is 22.4 Å². The Morgan fingerprint density at radius 3 is 2.46 bits per heavy atom. The van der Waals surface area contributed by atoms with Gasteiger partial charge in [-0.05, 0) is 36.8 Å². The number of carboxylic acids is 1. The molecule has 212 valence electrons. The third-order valence-electron chi connectivity index (χ3n) is 6.26. The molecular formula is C23H23F5N4O6S. The number of nitrogens with two attached hydrogens (primary N) is 1. The van der Waals surface area contributed by atoms with Crippen LogP contribution in [0.15, 0.2) is 47.2 Å². The molecule has 0 radical (unpaired) electrons. The third-order valence-corrected chi connectivity index (χ3v) is 7.12. The molecule has 0 amide bonds. The van der Waals surface area contributed by atoms with E-state index >= 15 is 0 Å². The summed E-state index contributed by atoms with van der Waals surface area (Å²) >= 11 is 0. The number of carbonyl (C=O) groups is 1. The van der Waals surface area contributed by atoms with Crippen LogP contribution in [0.1, 0.15) is 39.9 Å². The van der Waals surface area contributed by atoms with Crippen molar-refractivity contribution in [2.45, 2.75) is 50.0 Å². The van der Waals surface area contributed by atoms with Gasteiger partial charge in [0.25, 0.3) is 10.0 Å². The largest absolute Gasteiger partial charge is 0.475 e. The maximum absolute atomic E-state index is 14.2. The van der Waals surface area contributed by atoms with Crippen LogP contribution in [0.3, 0.4) is 0 Å². The number of hydrogen-bond donors (Lipinski definition) is 2. The Hall–Kier alpha value is -3.34.